The summed E-state index contributed by atoms with van der Waals surface area (Å²) in [5.41, 5.74) is 0.700. The summed E-state index contributed by atoms with van der Waals surface area (Å²) in [5, 5.41) is 3.52. The van der Waals surface area contributed by atoms with E-state index in [2.05, 4.69) is 5.32 Å². The number of carbonyl (C=O) groups excluding carboxylic acids is 2. The second-order valence-corrected chi connectivity index (χ2v) is 4.61. The van der Waals surface area contributed by atoms with Gasteiger partial charge in [0.1, 0.15) is 0 Å². The van der Waals surface area contributed by atoms with Gasteiger partial charge in [-0.05, 0) is 12.1 Å². The number of urea groups is 2. The lowest BCUT2D eigenvalue weighted by atomic mass is 10.3. The molecule has 1 aliphatic rings. The van der Waals surface area contributed by atoms with Crippen LogP contribution in [-0.4, -0.2) is 62.6 Å². The number of nitrogens with one attached hydrogen (secondary N) is 1. The highest BCUT2D eigenvalue weighted by atomic mass is 16.9. The van der Waals surface area contributed by atoms with Crippen molar-refractivity contribution >= 4 is 17.7 Å². The van der Waals surface area contributed by atoms with Crippen LogP contribution in [0.3, 0.4) is 0 Å². The molecule has 8 nitrogen and oxygen atoms in total. The molecule has 1 fully saturated rings. The zero-order valence-electron chi connectivity index (χ0n) is 12.7. The third-order valence-electron chi connectivity index (χ3n) is 3.33. The summed E-state index contributed by atoms with van der Waals surface area (Å²) in [6, 6.07) is 8.58. The van der Waals surface area contributed by atoms with Crippen molar-refractivity contribution in [2.75, 3.05) is 45.3 Å². The van der Waals surface area contributed by atoms with Crippen molar-refractivity contribution in [1.82, 2.24) is 15.4 Å². The first-order chi connectivity index (χ1) is 10.7. The molecule has 0 saturated carbocycles. The van der Waals surface area contributed by atoms with Crippen LogP contribution >= 0.6 is 0 Å². The minimum atomic E-state index is -0.462. The van der Waals surface area contributed by atoms with Gasteiger partial charge in [0.2, 0.25) is 0 Å². The van der Waals surface area contributed by atoms with Gasteiger partial charge in [-0.15, -0.1) is 0 Å². The van der Waals surface area contributed by atoms with Gasteiger partial charge < -0.3 is 10.2 Å². The largest absolute Gasteiger partial charge is 0.374 e. The summed E-state index contributed by atoms with van der Waals surface area (Å²) in [6.45, 7) is 2.02. The number of para-hydroxylation sites is 1. The molecule has 1 aromatic rings. The van der Waals surface area contributed by atoms with Crippen LogP contribution in [0.4, 0.5) is 15.3 Å². The Morgan fingerprint density at radius 1 is 1.27 bits per heavy atom. The number of rotatable bonds is 6. The molecule has 1 aromatic carbocycles. The molecule has 0 unspecified atom stereocenters. The van der Waals surface area contributed by atoms with E-state index in [-0.39, 0.29) is 6.03 Å². The van der Waals surface area contributed by atoms with Gasteiger partial charge in [-0.1, -0.05) is 23.4 Å². The summed E-state index contributed by atoms with van der Waals surface area (Å²) >= 11 is 0. The van der Waals surface area contributed by atoms with E-state index in [1.807, 2.05) is 30.3 Å². The zero-order valence-corrected chi connectivity index (χ0v) is 12.7. The molecule has 0 aromatic heterocycles. The number of carbonyl (C=O) groups is 2. The summed E-state index contributed by atoms with van der Waals surface area (Å²) in [4.78, 5) is 37.0. The molecular weight excluding hydrogens is 288 g/mol. The summed E-state index contributed by atoms with van der Waals surface area (Å²) in [6.07, 6.45) is 0. The van der Waals surface area contributed by atoms with Gasteiger partial charge in [-0.3, -0.25) is 4.90 Å². The Hall–Kier alpha value is -2.32. The third kappa shape index (κ3) is 3.66. The molecule has 1 N–H and O–H groups in total. The first-order valence-corrected chi connectivity index (χ1v) is 6.95. The molecule has 0 atom stereocenters. The molecule has 1 saturated heterocycles. The SMILES string of the molecule is CON(OC)C(=O)N(CCN1CCNC1=O)c1ccccc1. The van der Waals surface area contributed by atoms with Crippen molar-refractivity contribution < 1.29 is 19.3 Å². The fourth-order valence-corrected chi connectivity index (χ4v) is 2.22. The summed E-state index contributed by atoms with van der Waals surface area (Å²) < 4.78 is 0. The second kappa shape index (κ2) is 7.62. The molecule has 0 radical (unpaired) electrons. The number of amides is 4. The minimum absolute atomic E-state index is 0.115. The topological polar surface area (TPSA) is 74.4 Å². The van der Waals surface area contributed by atoms with E-state index in [4.69, 9.17) is 9.68 Å². The van der Waals surface area contributed by atoms with E-state index in [1.54, 1.807) is 4.90 Å². The third-order valence-corrected chi connectivity index (χ3v) is 3.33. The Bertz CT molecular complexity index is 507. The van der Waals surface area contributed by atoms with Crippen molar-refractivity contribution in [1.29, 1.82) is 0 Å². The molecule has 120 valence electrons. The molecule has 4 amide bonds. The van der Waals surface area contributed by atoms with E-state index < -0.39 is 6.03 Å². The highest BCUT2D eigenvalue weighted by molar-refractivity contribution is 5.90. The van der Waals surface area contributed by atoms with Crippen molar-refractivity contribution in [3.63, 3.8) is 0 Å². The fraction of sp³-hybridized carbons (Fsp3) is 0.429. The van der Waals surface area contributed by atoms with Crippen molar-refractivity contribution in [3.8, 4) is 0 Å². The predicted molar refractivity (Wildman–Crippen MR) is 80.0 cm³/mol. The van der Waals surface area contributed by atoms with Gasteiger partial charge in [0.15, 0.2) is 0 Å². The van der Waals surface area contributed by atoms with Crippen LogP contribution in [0.1, 0.15) is 0 Å². The van der Waals surface area contributed by atoms with E-state index in [9.17, 15) is 9.59 Å². The number of hydrogen-bond acceptors (Lipinski definition) is 4. The van der Waals surface area contributed by atoms with E-state index in [0.717, 1.165) is 5.23 Å². The number of hydroxylamine groups is 2. The standard InChI is InChI=1S/C14H20N4O4/c1-21-18(22-2)14(20)17(12-6-4-3-5-7-12)11-10-16-9-8-15-13(16)19/h3-7H,8-11H2,1-2H3,(H,15,19). The first kappa shape index (κ1) is 16.1. The molecule has 0 aliphatic carbocycles. The smallest absolute Gasteiger partial charge is 0.336 e. The monoisotopic (exact) mass is 308 g/mol. The molecule has 1 aliphatic heterocycles. The molecular formula is C14H20N4O4. The molecule has 0 bridgehead atoms. The molecule has 1 heterocycles. The Morgan fingerprint density at radius 3 is 2.50 bits per heavy atom. The summed E-state index contributed by atoms with van der Waals surface area (Å²) in [5.74, 6) is 0. The van der Waals surface area contributed by atoms with Crippen molar-refractivity contribution in [2.24, 2.45) is 0 Å². The van der Waals surface area contributed by atoms with Crippen LogP contribution in [0.5, 0.6) is 0 Å². The lowest BCUT2D eigenvalue weighted by molar-refractivity contribution is -0.296. The van der Waals surface area contributed by atoms with Crippen LogP contribution in [0.15, 0.2) is 30.3 Å². The maximum atomic E-state index is 12.5. The highest BCUT2D eigenvalue weighted by Gasteiger charge is 2.26. The molecule has 2 rings (SSSR count). The Labute approximate surface area is 129 Å². The van der Waals surface area contributed by atoms with Gasteiger partial charge >= 0.3 is 12.1 Å². The number of nitrogens with zero attached hydrogens (tertiary/aromatic N) is 3. The lowest BCUT2D eigenvalue weighted by Crippen LogP contribution is -2.46. The molecule has 8 heteroatoms. The normalized spacial score (nSPS) is 13.9. The minimum Gasteiger partial charge on any atom is -0.336 e. The molecule has 0 spiro atoms. The molecule has 22 heavy (non-hydrogen) atoms. The van der Waals surface area contributed by atoms with Crippen LogP contribution in [0.2, 0.25) is 0 Å². The first-order valence-electron chi connectivity index (χ1n) is 6.95. The maximum Gasteiger partial charge on any atom is 0.374 e. The van der Waals surface area contributed by atoms with Crippen LogP contribution in [0, 0.1) is 0 Å². The number of hydrogen-bond donors (Lipinski definition) is 1. The van der Waals surface area contributed by atoms with Crippen molar-refractivity contribution in [3.05, 3.63) is 30.3 Å². The van der Waals surface area contributed by atoms with Crippen LogP contribution < -0.4 is 10.2 Å². The lowest BCUT2D eigenvalue weighted by Gasteiger charge is -2.28. The van der Waals surface area contributed by atoms with Gasteiger partial charge in [0, 0.05) is 31.9 Å². The number of anilines is 1. The van der Waals surface area contributed by atoms with Crippen LogP contribution in [-0.2, 0) is 9.68 Å². The van der Waals surface area contributed by atoms with Gasteiger partial charge in [0.05, 0.1) is 14.2 Å². The Morgan fingerprint density at radius 2 is 1.95 bits per heavy atom. The van der Waals surface area contributed by atoms with E-state index in [1.165, 1.54) is 19.1 Å². The van der Waals surface area contributed by atoms with E-state index in [0.29, 0.717) is 31.9 Å². The van der Waals surface area contributed by atoms with Gasteiger partial charge in [-0.25, -0.2) is 19.3 Å². The average Bonchev–Trinajstić information content (AvgIpc) is 2.95. The van der Waals surface area contributed by atoms with Gasteiger partial charge in [0.25, 0.3) is 0 Å². The zero-order chi connectivity index (χ0) is 15.9. The quantitative estimate of drug-likeness (QED) is 0.798. The maximum absolute atomic E-state index is 12.5. The second-order valence-electron chi connectivity index (χ2n) is 4.61. The fourth-order valence-electron chi connectivity index (χ4n) is 2.22. The summed E-state index contributed by atoms with van der Waals surface area (Å²) in [7, 11) is 2.69. The van der Waals surface area contributed by atoms with Crippen LogP contribution in [0.25, 0.3) is 0 Å². The van der Waals surface area contributed by atoms with Crippen molar-refractivity contribution in [2.45, 2.75) is 0 Å². The highest BCUT2D eigenvalue weighted by Crippen LogP contribution is 2.16. The predicted octanol–water partition coefficient (Wildman–Crippen LogP) is 1.06. The Kier molecular flexibility index (Phi) is 5.56. The average molecular weight is 308 g/mol. The van der Waals surface area contributed by atoms with E-state index >= 15 is 0 Å². The Balaban J connectivity index is 2.11. The van der Waals surface area contributed by atoms with Gasteiger partial charge in [-0.2, -0.15) is 0 Å². The number of benzene rings is 1.